The van der Waals surface area contributed by atoms with Crippen molar-refractivity contribution in [1.29, 1.82) is 0 Å². The summed E-state index contributed by atoms with van der Waals surface area (Å²) in [6.07, 6.45) is -4.64. The first-order chi connectivity index (χ1) is 16.4. The molecule has 1 aliphatic rings. The van der Waals surface area contributed by atoms with Crippen molar-refractivity contribution in [2.45, 2.75) is 17.1 Å². The molecule has 0 aromatic heterocycles. The molecular weight excluding hydrogens is 567 g/mol. The van der Waals surface area contributed by atoms with E-state index in [0.29, 0.717) is 32.9 Å². The van der Waals surface area contributed by atoms with Gasteiger partial charge in [-0.2, -0.15) is 17.5 Å². The first-order valence-electron chi connectivity index (χ1n) is 10.2. The number of anilines is 1. The summed E-state index contributed by atoms with van der Waals surface area (Å²) in [5.41, 5.74) is 0.419. The molecule has 0 amide bonds. The summed E-state index contributed by atoms with van der Waals surface area (Å²) >= 11 is 24.5. The number of halogens is 7. The number of benzene rings is 3. The van der Waals surface area contributed by atoms with Gasteiger partial charge in [0, 0.05) is 29.7 Å². The van der Waals surface area contributed by atoms with Crippen molar-refractivity contribution in [3.05, 3.63) is 91.9 Å². The molecule has 4 rings (SSSR count). The highest BCUT2D eigenvalue weighted by atomic mass is 35.5. The van der Waals surface area contributed by atoms with Crippen LogP contribution in [-0.4, -0.2) is 32.4 Å². The number of hydrogen-bond donors (Lipinski definition) is 0. The third-order valence-corrected chi connectivity index (χ3v) is 8.83. The molecule has 186 valence electrons. The Hall–Kier alpha value is -1.68. The van der Waals surface area contributed by atoms with Crippen LogP contribution in [0.5, 0.6) is 0 Å². The molecule has 0 bridgehead atoms. The quantitative estimate of drug-likeness (QED) is 0.318. The molecule has 1 heterocycles. The second-order valence-electron chi connectivity index (χ2n) is 7.86. The number of hydrogen-bond acceptors (Lipinski definition) is 3. The summed E-state index contributed by atoms with van der Waals surface area (Å²) in [5, 5.41) is 0.881. The molecule has 1 saturated heterocycles. The summed E-state index contributed by atoms with van der Waals surface area (Å²) in [6.45, 7) is 0.315. The first-order valence-corrected chi connectivity index (χ1v) is 13.2. The van der Waals surface area contributed by atoms with Crippen LogP contribution in [0.3, 0.4) is 0 Å². The van der Waals surface area contributed by atoms with Crippen LogP contribution >= 0.6 is 46.4 Å². The van der Waals surface area contributed by atoms with Crippen molar-refractivity contribution in [3.8, 4) is 0 Å². The molecule has 0 N–H and O–H groups in total. The van der Waals surface area contributed by atoms with E-state index in [1.165, 1.54) is 4.31 Å². The van der Waals surface area contributed by atoms with Crippen LogP contribution in [0.4, 0.5) is 18.9 Å². The molecule has 0 spiro atoms. The fraction of sp³-hybridized carbons (Fsp3) is 0.217. The van der Waals surface area contributed by atoms with E-state index in [-0.39, 0.29) is 24.5 Å². The normalized spacial score (nSPS) is 17.6. The molecule has 0 aliphatic carbocycles. The highest BCUT2D eigenvalue weighted by molar-refractivity contribution is 7.89. The Bertz CT molecular complexity index is 1350. The van der Waals surface area contributed by atoms with Crippen LogP contribution < -0.4 is 4.90 Å². The Morgan fingerprint density at radius 3 is 2.06 bits per heavy atom. The van der Waals surface area contributed by atoms with E-state index in [4.69, 9.17) is 46.4 Å². The molecule has 12 heteroatoms. The Morgan fingerprint density at radius 1 is 0.800 bits per heavy atom. The van der Waals surface area contributed by atoms with Crippen molar-refractivity contribution in [2.75, 3.05) is 24.5 Å². The number of nitrogens with zero attached hydrogens (tertiary/aromatic N) is 2. The van der Waals surface area contributed by atoms with Gasteiger partial charge in [-0.3, -0.25) is 0 Å². The Kier molecular flexibility index (Phi) is 7.53. The highest BCUT2D eigenvalue weighted by Crippen LogP contribution is 2.39. The summed E-state index contributed by atoms with van der Waals surface area (Å²) < 4.78 is 67.2. The largest absolute Gasteiger partial charge is 0.416 e. The van der Waals surface area contributed by atoms with Gasteiger partial charge in [-0.15, -0.1) is 0 Å². The maximum Gasteiger partial charge on any atom is 0.416 e. The van der Waals surface area contributed by atoms with Crippen LogP contribution in [0.15, 0.2) is 65.6 Å². The van der Waals surface area contributed by atoms with Crippen molar-refractivity contribution >= 4 is 62.1 Å². The first kappa shape index (κ1) is 26.4. The van der Waals surface area contributed by atoms with Crippen LogP contribution in [-0.2, 0) is 16.2 Å². The molecule has 3 aromatic rings. The van der Waals surface area contributed by atoms with E-state index in [1.54, 1.807) is 42.5 Å². The lowest BCUT2D eigenvalue weighted by atomic mass is 10.0. The van der Waals surface area contributed by atoms with Crippen LogP contribution in [0, 0.1) is 0 Å². The highest BCUT2D eigenvalue weighted by Gasteiger charge is 2.38. The van der Waals surface area contributed by atoms with Crippen molar-refractivity contribution in [2.24, 2.45) is 0 Å². The summed E-state index contributed by atoms with van der Waals surface area (Å²) in [4.78, 5) is 1.57. The van der Waals surface area contributed by atoms with E-state index in [1.807, 2.05) is 4.90 Å². The van der Waals surface area contributed by atoms with Gasteiger partial charge in [-0.05, 0) is 54.1 Å². The smallest absolute Gasteiger partial charge is 0.361 e. The van der Waals surface area contributed by atoms with Gasteiger partial charge in [0.05, 0.1) is 27.3 Å². The molecule has 3 aromatic carbocycles. The molecular formula is C23H17Cl4F3N2O2S. The van der Waals surface area contributed by atoms with E-state index in [0.717, 1.165) is 11.6 Å². The molecule has 4 nitrogen and oxygen atoms in total. The lowest BCUT2D eigenvalue weighted by molar-refractivity contribution is -0.137. The van der Waals surface area contributed by atoms with Gasteiger partial charge in [0.1, 0.15) is 4.90 Å². The predicted molar refractivity (Wildman–Crippen MR) is 133 cm³/mol. The standard InChI is InChI=1S/C23H17Cl4F3N2O2S/c24-16-4-1-14(2-5-16)21-13-31(9-10-32(21)20-7-6-17(25)12-18(20)26)35(33,34)22-8-3-15(11-19(22)27)23(28,29)30/h1-8,11-12,21H,9-10,13H2. The van der Waals surface area contributed by atoms with Crippen molar-refractivity contribution < 1.29 is 21.6 Å². The molecule has 0 saturated carbocycles. The molecule has 1 atom stereocenters. The zero-order valence-electron chi connectivity index (χ0n) is 17.7. The van der Waals surface area contributed by atoms with Crippen LogP contribution in [0.1, 0.15) is 17.2 Å². The summed E-state index contributed by atoms with van der Waals surface area (Å²) in [5.74, 6) is 0. The lowest BCUT2D eigenvalue weighted by Gasteiger charge is -2.42. The van der Waals surface area contributed by atoms with Crippen molar-refractivity contribution in [3.63, 3.8) is 0 Å². The predicted octanol–water partition coefficient (Wildman–Crippen LogP) is 7.57. The number of rotatable bonds is 4. The molecule has 0 radical (unpaired) electrons. The third kappa shape index (κ3) is 5.53. The topological polar surface area (TPSA) is 40.6 Å². The van der Waals surface area contributed by atoms with E-state index in [2.05, 4.69) is 0 Å². The van der Waals surface area contributed by atoms with Gasteiger partial charge in [-0.1, -0.05) is 58.5 Å². The molecule has 35 heavy (non-hydrogen) atoms. The third-order valence-electron chi connectivity index (χ3n) is 5.69. The lowest BCUT2D eigenvalue weighted by Crippen LogP contribution is -2.50. The second kappa shape index (κ2) is 10.00. The fourth-order valence-corrected chi connectivity index (χ4v) is 6.57. The van der Waals surface area contributed by atoms with Crippen LogP contribution in [0.25, 0.3) is 0 Å². The zero-order valence-corrected chi connectivity index (χ0v) is 21.6. The van der Waals surface area contributed by atoms with Gasteiger partial charge in [0.2, 0.25) is 10.0 Å². The molecule has 1 unspecified atom stereocenters. The van der Waals surface area contributed by atoms with E-state index < -0.39 is 32.8 Å². The average molecular weight is 584 g/mol. The van der Waals surface area contributed by atoms with Gasteiger partial charge >= 0.3 is 6.18 Å². The van der Waals surface area contributed by atoms with E-state index in [9.17, 15) is 21.6 Å². The minimum atomic E-state index is -4.64. The molecule has 1 aliphatic heterocycles. The van der Waals surface area contributed by atoms with Crippen molar-refractivity contribution in [1.82, 2.24) is 4.31 Å². The summed E-state index contributed by atoms with van der Waals surface area (Å²) in [6, 6.07) is 13.7. The average Bonchev–Trinajstić information content (AvgIpc) is 2.78. The second-order valence-corrected chi connectivity index (χ2v) is 11.5. The maximum atomic E-state index is 13.4. The monoisotopic (exact) mass is 582 g/mol. The number of piperazine rings is 1. The van der Waals surface area contributed by atoms with Crippen LogP contribution in [0.2, 0.25) is 20.1 Å². The van der Waals surface area contributed by atoms with Gasteiger partial charge < -0.3 is 4.90 Å². The Balaban J connectivity index is 1.72. The minimum absolute atomic E-state index is 0.000270. The fourth-order valence-electron chi connectivity index (χ4n) is 3.97. The molecule has 1 fully saturated rings. The summed E-state index contributed by atoms with van der Waals surface area (Å²) in [7, 11) is -4.20. The maximum absolute atomic E-state index is 13.4. The SMILES string of the molecule is O=S(=O)(c1ccc(C(F)(F)F)cc1Cl)N1CCN(c2ccc(Cl)cc2Cl)C(c2ccc(Cl)cc2)C1. The minimum Gasteiger partial charge on any atom is -0.361 e. The number of alkyl halides is 3. The van der Waals surface area contributed by atoms with Gasteiger partial charge in [-0.25, -0.2) is 8.42 Å². The Morgan fingerprint density at radius 2 is 1.46 bits per heavy atom. The van der Waals surface area contributed by atoms with E-state index >= 15 is 0 Å². The number of sulfonamides is 1. The Labute approximate surface area is 220 Å². The zero-order chi connectivity index (χ0) is 25.5. The van der Waals surface area contributed by atoms with Gasteiger partial charge in [0.15, 0.2) is 0 Å². The van der Waals surface area contributed by atoms with Gasteiger partial charge in [0.25, 0.3) is 0 Å².